The van der Waals surface area contributed by atoms with Crippen LogP contribution in [0.4, 0.5) is 11.5 Å². The number of imidazole rings is 1. The average molecular weight is 511 g/mol. The van der Waals surface area contributed by atoms with Crippen LogP contribution < -0.4 is 15.8 Å². The van der Waals surface area contributed by atoms with Crippen LogP contribution in [-0.4, -0.2) is 44.2 Å². The van der Waals surface area contributed by atoms with Crippen molar-refractivity contribution in [1.29, 1.82) is 0 Å². The minimum Gasteiger partial charge on any atom is -0.489 e. The van der Waals surface area contributed by atoms with Gasteiger partial charge in [0.05, 0.1) is 6.54 Å². The SMILES string of the molecule is Nc1nccn2c(C3CCC3)nc(-c3cccc(OCc4cccc(NC(=O)CN5CCCC5=O)c4)c3)c12. The van der Waals surface area contributed by atoms with Crippen LogP contribution in [0.25, 0.3) is 16.8 Å². The average Bonchev–Trinajstić information content (AvgIpc) is 3.46. The van der Waals surface area contributed by atoms with E-state index in [-0.39, 0.29) is 18.4 Å². The summed E-state index contributed by atoms with van der Waals surface area (Å²) in [7, 11) is 0. The predicted octanol–water partition coefficient (Wildman–Crippen LogP) is 4.39. The van der Waals surface area contributed by atoms with E-state index in [0.717, 1.165) is 47.4 Å². The number of nitrogen functional groups attached to an aromatic ring is 1. The molecular formula is C29H30N6O3. The van der Waals surface area contributed by atoms with Crippen LogP contribution in [0.3, 0.4) is 0 Å². The van der Waals surface area contributed by atoms with Crippen LogP contribution in [0.1, 0.15) is 49.4 Å². The van der Waals surface area contributed by atoms with Gasteiger partial charge < -0.3 is 20.7 Å². The Bertz CT molecular complexity index is 1510. The molecule has 194 valence electrons. The molecule has 0 atom stereocenters. The van der Waals surface area contributed by atoms with Crippen molar-refractivity contribution >= 4 is 28.8 Å². The molecule has 2 amide bonds. The maximum Gasteiger partial charge on any atom is 0.243 e. The number of aromatic nitrogens is 3. The third kappa shape index (κ3) is 4.79. The molecule has 2 aromatic carbocycles. The van der Waals surface area contributed by atoms with E-state index in [1.165, 1.54) is 6.42 Å². The number of nitrogens with zero attached hydrogens (tertiary/aromatic N) is 4. The zero-order valence-electron chi connectivity index (χ0n) is 21.1. The normalized spacial score (nSPS) is 15.6. The van der Waals surface area contributed by atoms with Crippen LogP contribution in [0.15, 0.2) is 60.9 Å². The molecule has 9 heteroatoms. The topological polar surface area (TPSA) is 115 Å². The zero-order valence-corrected chi connectivity index (χ0v) is 21.1. The number of hydrogen-bond acceptors (Lipinski definition) is 6. The molecular weight excluding hydrogens is 480 g/mol. The number of nitrogens with two attached hydrogens (primary N) is 1. The summed E-state index contributed by atoms with van der Waals surface area (Å²) in [6, 6.07) is 15.4. The predicted molar refractivity (Wildman–Crippen MR) is 145 cm³/mol. The lowest BCUT2D eigenvalue weighted by Gasteiger charge is -2.23. The van der Waals surface area contributed by atoms with E-state index < -0.39 is 0 Å². The van der Waals surface area contributed by atoms with E-state index in [0.29, 0.717) is 42.7 Å². The number of amides is 2. The summed E-state index contributed by atoms with van der Waals surface area (Å²) in [5.74, 6) is 2.48. The molecule has 1 saturated carbocycles. The minimum absolute atomic E-state index is 0.0336. The van der Waals surface area contributed by atoms with E-state index in [1.54, 1.807) is 11.1 Å². The van der Waals surface area contributed by atoms with Gasteiger partial charge in [0.1, 0.15) is 35.2 Å². The second-order valence-corrected chi connectivity index (χ2v) is 9.96. The van der Waals surface area contributed by atoms with Gasteiger partial charge in [-0.2, -0.15) is 0 Å². The highest BCUT2D eigenvalue weighted by molar-refractivity contribution is 5.95. The second kappa shape index (κ2) is 10.2. The minimum atomic E-state index is -0.201. The summed E-state index contributed by atoms with van der Waals surface area (Å²) < 4.78 is 8.20. The van der Waals surface area contributed by atoms with E-state index >= 15 is 0 Å². The first-order valence-electron chi connectivity index (χ1n) is 13.1. The Kier molecular flexibility index (Phi) is 6.41. The van der Waals surface area contributed by atoms with Crippen molar-refractivity contribution in [2.75, 3.05) is 24.1 Å². The number of carbonyl (C=O) groups excluding carboxylic acids is 2. The zero-order chi connectivity index (χ0) is 26.1. The monoisotopic (exact) mass is 510 g/mol. The van der Waals surface area contributed by atoms with Gasteiger partial charge in [0.2, 0.25) is 11.8 Å². The lowest BCUT2D eigenvalue weighted by atomic mass is 9.85. The molecule has 0 unspecified atom stereocenters. The fraction of sp³-hybridized carbons (Fsp3) is 0.310. The summed E-state index contributed by atoms with van der Waals surface area (Å²) >= 11 is 0. The summed E-state index contributed by atoms with van der Waals surface area (Å²) in [4.78, 5) is 35.1. The van der Waals surface area contributed by atoms with E-state index in [2.05, 4.69) is 14.7 Å². The number of hydrogen-bond donors (Lipinski definition) is 2. The molecule has 4 aromatic rings. The molecule has 3 N–H and O–H groups in total. The highest BCUT2D eigenvalue weighted by Gasteiger charge is 2.27. The number of likely N-dealkylation sites (tertiary alicyclic amines) is 1. The number of anilines is 2. The quantitative estimate of drug-likeness (QED) is 0.363. The molecule has 6 rings (SSSR count). The van der Waals surface area contributed by atoms with Crippen LogP contribution in [0, 0.1) is 0 Å². The van der Waals surface area contributed by atoms with E-state index in [9.17, 15) is 9.59 Å². The van der Waals surface area contributed by atoms with Gasteiger partial charge in [0.25, 0.3) is 0 Å². The molecule has 1 aliphatic heterocycles. The van der Waals surface area contributed by atoms with Crippen molar-refractivity contribution in [3.8, 4) is 17.0 Å². The van der Waals surface area contributed by atoms with Crippen LogP contribution in [0.2, 0.25) is 0 Å². The van der Waals surface area contributed by atoms with Crippen LogP contribution >= 0.6 is 0 Å². The molecule has 9 nitrogen and oxygen atoms in total. The number of fused-ring (bicyclic) bond motifs is 1. The number of carbonyl (C=O) groups is 2. The Hall–Kier alpha value is -4.40. The van der Waals surface area contributed by atoms with Gasteiger partial charge in [0.15, 0.2) is 0 Å². The van der Waals surface area contributed by atoms with Crippen molar-refractivity contribution in [3.05, 3.63) is 72.3 Å². The van der Waals surface area contributed by atoms with Gasteiger partial charge in [-0.15, -0.1) is 0 Å². The van der Waals surface area contributed by atoms with Crippen molar-refractivity contribution < 1.29 is 14.3 Å². The van der Waals surface area contributed by atoms with Gasteiger partial charge in [-0.1, -0.05) is 30.7 Å². The number of ether oxygens (including phenoxy) is 1. The maximum atomic E-state index is 12.4. The van der Waals surface area contributed by atoms with Crippen molar-refractivity contribution in [1.82, 2.24) is 19.3 Å². The van der Waals surface area contributed by atoms with Crippen LogP contribution in [-0.2, 0) is 16.2 Å². The first-order valence-corrected chi connectivity index (χ1v) is 13.1. The van der Waals surface area contributed by atoms with Crippen molar-refractivity contribution in [3.63, 3.8) is 0 Å². The Morgan fingerprint density at radius 3 is 2.79 bits per heavy atom. The lowest BCUT2D eigenvalue weighted by Crippen LogP contribution is -2.33. The molecule has 1 saturated heterocycles. The Labute approximate surface area is 220 Å². The van der Waals surface area contributed by atoms with E-state index in [4.69, 9.17) is 15.5 Å². The fourth-order valence-corrected chi connectivity index (χ4v) is 5.13. The molecule has 0 spiro atoms. The molecule has 0 bridgehead atoms. The summed E-state index contributed by atoms with van der Waals surface area (Å²) in [6.45, 7) is 1.05. The highest BCUT2D eigenvalue weighted by atomic mass is 16.5. The molecule has 0 radical (unpaired) electrons. The molecule has 2 fully saturated rings. The fourth-order valence-electron chi connectivity index (χ4n) is 5.13. The van der Waals surface area contributed by atoms with E-state index in [1.807, 2.05) is 54.7 Å². The Morgan fingerprint density at radius 2 is 2.00 bits per heavy atom. The summed E-state index contributed by atoms with van der Waals surface area (Å²) in [5.41, 5.74) is 10.4. The number of rotatable bonds is 8. The lowest BCUT2D eigenvalue weighted by molar-refractivity contribution is -0.131. The van der Waals surface area contributed by atoms with Gasteiger partial charge >= 0.3 is 0 Å². The van der Waals surface area contributed by atoms with Gasteiger partial charge in [0, 0.05) is 42.5 Å². The first-order chi connectivity index (χ1) is 18.5. The molecule has 2 aromatic heterocycles. The maximum absolute atomic E-state index is 12.4. The highest BCUT2D eigenvalue weighted by Crippen LogP contribution is 2.39. The number of nitrogens with one attached hydrogen (secondary N) is 1. The van der Waals surface area contributed by atoms with Gasteiger partial charge in [-0.3, -0.25) is 14.0 Å². The summed E-state index contributed by atoms with van der Waals surface area (Å²) in [6.07, 6.45) is 8.48. The van der Waals surface area contributed by atoms with Gasteiger partial charge in [-0.05, 0) is 49.1 Å². The third-order valence-electron chi connectivity index (χ3n) is 7.31. The van der Waals surface area contributed by atoms with Gasteiger partial charge in [-0.25, -0.2) is 9.97 Å². The standard InChI is InChI=1S/C29H30N6O3/c30-28-27-26(33-29(20-6-2-7-20)35(27)14-12-31-28)21-8-3-10-23(16-21)38-18-19-5-1-9-22(15-19)32-24(36)17-34-13-4-11-25(34)37/h1,3,5,8-10,12,14-16,20H,2,4,6-7,11,13,17-18H2,(H2,30,31)(H,32,36). The molecule has 1 aliphatic carbocycles. The summed E-state index contributed by atoms with van der Waals surface area (Å²) in [5, 5.41) is 2.89. The first kappa shape index (κ1) is 24.0. The third-order valence-corrected chi connectivity index (χ3v) is 7.31. The van der Waals surface area contributed by atoms with Crippen molar-refractivity contribution in [2.24, 2.45) is 0 Å². The molecule has 3 heterocycles. The smallest absolute Gasteiger partial charge is 0.243 e. The van der Waals surface area contributed by atoms with Crippen molar-refractivity contribution in [2.45, 2.75) is 44.6 Å². The Morgan fingerprint density at radius 1 is 1.13 bits per heavy atom. The Balaban J connectivity index is 1.16. The largest absolute Gasteiger partial charge is 0.489 e. The molecule has 38 heavy (non-hydrogen) atoms. The molecule has 2 aliphatic rings. The van der Waals surface area contributed by atoms with Crippen LogP contribution in [0.5, 0.6) is 5.75 Å². The second-order valence-electron chi connectivity index (χ2n) is 9.96. The number of benzene rings is 2.